The van der Waals surface area contributed by atoms with Crippen LogP contribution in [0.25, 0.3) is 0 Å². The molecule has 0 amide bonds. The van der Waals surface area contributed by atoms with Crippen molar-refractivity contribution < 1.29 is 37.6 Å². The number of esters is 2. The molecule has 0 aliphatic carbocycles. The lowest BCUT2D eigenvalue weighted by atomic mass is 10.1. The summed E-state index contributed by atoms with van der Waals surface area (Å²) < 4.78 is 32.3. The predicted octanol–water partition coefficient (Wildman–Crippen LogP) is 7.98. The van der Waals surface area contributed by atoms with Gasteiger partial charge in [-0.25, -0.2) is 4.57 Å². The van der Waals surface area contributed by atoms with Crippen LogP contribution in [0.5, 0.6) is 0 Å². The van der Waals surface area contributed by atoms with Gasteiger partial charge in [-0.15, -0.1) is 0 Å². The van der Waals surface area contributed by atoms with Gasteiger partial charge < -0.3 is 20.1 Å². The van der Waals surface area contributed by atoms with Gasteiger partial charge in [0.25, 0.3) is 0 Å². The zero-order valence-corrected chi connectivity index (χ0v) is 27.8. The van der Waals surface area contributed by atoms with Crippen molar-refractivity contribution in [3.63, 3.8) is 0 Å². The van der Waals surface area contributed by atoms with Crippen LogP contribution < -0.4 is 5.73 Å². The number of ether oxygens (including phenoxy) is 2. The smallest absolute Gasteiger partial charge is 0.462 e. The summed E-state index contributed by atoms with van der Waals surface area (Å²) in [4.78, 5) is 34.4. The van der Waals surface area contributed by atoms with Gasteiger partial charge in [0.15, 0.2) is 6.10 Å². The third kappa shape index (κ3) is 29.5. The topological polar surface area (TPSA) is 134 Å². The van der Waals surface area contributed by atoms with Gasteiger partial charge in [-0.1, -0.05) is 112 Å². The van der Waals surface area contributed by atoms with Crippen molar-refractivity contribution in [3.8, 4) is 0 Å². The maximum absolute atomic E-state index is 12.4. The number of allylic oxidation sites excluding steroid dienone is 12. The fourth-order valence-corrected chi connectivity index (χ4v) is 4.35. The second-order valence-corrected chi connectivity index (χ2v) is 11.5. The Morgan fingerprint density at radius 3 is 1.95 bits per heavy atom. The SMILES string of the molecule is CC/C=C/C=C/C=C/C=C/C=C/CCCC(=O)OC(COC(=O)CCCCCC/C=C/CCCC)COP(=O)(O)OCCN. The highest BCUT2D eigenvalue weighted by Crippen LogP contribution is 2.43. The Bertz CT molecular complexity index is 955. The molecule has 3 N–H and O–H groups in total. The number of carbonyl (C=O) groups excluding carboxylic acids is 2. The Kier molecular flexibility index (Phi) is 28.7. The highest BCUT2D eigenvalue weighted by Gasteiger charge is 2.25. The van der Waals surface area contributed by atoms with E-state index in [0.29, 0.717) is 19.3 Å². The van der Waals surface area contributed by atoms with Crippen molar-refractivity contribution in [1.29, 1.82) is 0 Å². The standard InChI is InChI=1S/C34H56NO8P/c1-3-5-7-9-11-13-15-16-17-19-21-23-25-27-34(37)43-32(31-42-44(38,39)41-29-28-35)30-40-33(36)26-24-22-20-18-14-12-10-8-6-4-2/h5,7,9-13,15-17,19,21,32H,3-4,6,8,14,18,20,22-31,35H2,1-2H3,(H,38,39)/b7-5+,11-9+,12-10+,15-13+,17-16+,21-19+. The number of carbonyl (C=O) groups is 2. The van der Waals surface area contributed by atoms with Gasteiger partial charge in [0.05, 0.1) is 13.2 Å². The highest BCUT2D eigenvalue weighted by molar-refractivity contribution is 7.47. The molecule has 0 radical (unpaired) electrons. The lowest BCUT2D eigenvalue weighted by Gasteiger charge is -2.19. The molecule has 0 aliphatic heterocycles. The Morgan fingerprint density at radius 1 is 0.705 bits per heavy atom. The van der Waals surface area contributed by atoms with Crippen LogP contribution >= 0.6 is 7.82 Å². The molecule has 2 unspecified atom stereocenters. The van der Waals surface area contributed by atoms with Crippen LogP contribution in [0.15, 0.2) is 72.9 Å². The van der Waals surface area contributed by atoms with Crippen molar-refractivity contribution in [2.24, 2.45) is 5.73 Å². The van der Waals surface area contributed by atoms with E-state index in [1.54, 1.807) is 0 Å². The molecule has 0 fully saturated rings. The van der Waals surface area contributed by atoms with Crippen molar-refractivity contribution in [3.05, 3.63) is 72.9 Å². The normalized spacial score (nSPS) is 14.5. The number of hydrogen-bond donors (Lipinski definition) is 2. The molecule has 0 heterocycles. The number of nitrogens with two attached hydrogens (primary N) is 1. The minimum atomic E-state index is -4.39. The average Bonchev–Trinajstić information content (AvgIpc) is 3.00. The molecule has 0 spiro atoms. The van der Waals surface area contributed by atoms with E-state index >= 15 is 0 Å². The minimum Gasteiger partial charge on any atom is -0.462 e. The van der Waals surface area contributed by atoms with Crippen LogP contribution in [0, 0.1) is 0 Å². The molecule has 2 atom stereocenters. The van der Waals surface area contributed by atoms with Crippen LogP contribution in [-0.2, 0) is 32.7 Å². The first-order chi connectivity index (χ1) is 21.3. The summed E-state index contributed by atoms with van der Waals surface area (Å²) >= 11 is 0. The molecule has 10 heteroatoms. The van der Waals surface area contributed by atoms with Crippen LogP contribution in [0.3, 0.4) is 0 Å². The third-order valence-electron chi connectivity index (χ3n) is 5.95. The van der Waals surface area contributed by atoms with Gasteiger partial charge in [0.2, 0.25) is 0 Å². The van der Waals surface area contributed by atoms with Gasteiger partial charge in [0, 0.05) is 19.4 Å². The summed E-state index contributed by atoms with van der Waals surface area (Å²) in [5.74, 6) is -0.945. The molecular weight excluding hydrogens is 581 g/mol. The largest absolute Gasteiger partial charge is 0.472 e. The lowest BCUT2D eigenvalue weighted by molar-refractivity contribution is -0.161. The average molecular weight is 638 g/mol. The summed E-state index contributed by atoms with van der Waals surface area (Å²) in [6.07, 6.45) is 33.9. The van der Waals surface area contributed by atoms with Crippen molar-refractivity contribution in [2.75, 3.05) is 26.4 Å². The van der Waals surface area contributed by atoms with Crippen molar-refractivity contribution in [1.82, 2.24) is 0 Å². The van der Waals surface area contributed by atoms with Crippen LogP contribution in [-0.4, -0.2) is 49.3 Å². The first-order valence-electron chi connectivity index (χ1n) is 16.0. The summed E-state index contributed by atoms with van der Waals surface area (Å²) in [5, 5.41) is 0. The van der Waals surface area contributed by atoms with Crippen molar-refractivity contribution >= 4 is 19.8 Å². The molecule has 0 rings (SSSR count). The molecule has 0 aromatic carbocycles. The first kappa shape index (κ1) is 41.4. The number of phosphoric acid groups is 1. The van der Waals surface area contributed by atoms with Gasteiger partial charge in [-0.3, -0.25) is 18.6 Å². The Labute approximate surface area is 265 Å². The molecule has 0 bridgehead atoms. The molecule has 0 aromatic heterocycles. The Hall–Kier alpha value is -2.55. The highest BCUT2D eigenvalue weighted by atomic mass is 31.2. The minimum absolute atomic E-state index is 0.0365. The molecular formula is C34H56NO8P. The second-order valence-electron chi connectivity index (χ2n) is 10.1. The van der Waals surface area contributed by atoms with Crippen LogP contribution in [0.4, 0.5) is 0 Å². The maximum atomic E-state index is 12.4. The lowest BCUT2D eigenvalue weighted by Crippen LogP contribution is -2.29. The van der Waals surface area contributed by atoms with Gasteiger partial charge in [0.1, 0.15) is 6.61 Å². The first-order valence-corrected chi connectivity index (χ1v) is 17.5. The zero-order valence-electron chi connectivity index (χ0n) is 26.9. The van der Waals surface area contributed by atoms with E-state index in [-0.39, 0.29) is 32.6 Å². The summed E-state index contributed by atoms with van der Waals surface area (Å²) in [6.45, 7) is 3.38. The fourth-order valence-electron chi connectivity index (χ4n) is 3.58. The Morgan fingerprint density at radius 2 is 1.30 bits per heavy atom. The van der Waals surface area contributed by atoms with Gasteiger partial charge in [-0.05, 0) is 44.9 Å². The monoisotopic (exact) mass is 637 g/mol. The van der Waals surface area contributed by atoms with E-state index in [9.17, 15) is 19.0 Å². The molecule has 250 valence electrons. The van der Waals surface area contributed by atoms with Crippen LogP contribution in [0.1, 0.15) is 97.3 Å². The second kappa shape index (κ2) is 30.5. The van der Waals surface area contributed by atoms with Crippen LogP contribution in [0.2, 0.25) is 0 Å². The number of hydrogen-bond acceptors (Lipinski definition) is 8. The summed E-state index contributed by atoms with van der Waals surface area (Å²) in [7, 11) is -4.39. The van der Waals surface area contributed by atoms with E-state index in [2.05, 4.69) is 32.1 Å². The van der Waals surface area contributed by atoms with E-state index in [1.165, 1.54) is 12.8 Å². The predicted molar refractivity (Wildman–Crippen MR) is 178 cm³/mol. The number of rotatable bonds is 28. The van der Waals surface area contributed by atoms with E-state index < -0.39 is 32.5 Å². The zero-order chi connectivity index (χ0) is 32.6. The maximum Gasteiger partial charge on any atom is 0.472 e. The van der Waals surface area contributed by atoms with E-state index in [4.69, 9.17) is 24.3 Å². The van der Waals surface area contributed by atoms with Crippen molar-refractivity contribution in [2.45, 2.75) is 103 Å². The third-order valence-corrected chi connectivity index (χ3v) is 6.94. The quantitative estimate of drug-likeness (QED) is 0.0288. The van der Waals surface area contributed by atoms with E-state index in [1.807, 2.05) is 54.7 Å². The Balaban J connectivity index is 4.51. The molecule has 0 saturated heterocycles. The van der Waals surface area contributed by atoms with Gasteiger partial charge >= 0.3 is 19.8 Å². The fraction of sp³-hybridized carbons (Fsp3) is 0.588. The van der Waals surface area contributed by atoms with Gasteiger partial charge in [-0.2, -0.15) is 0 Å². The molecule has 9 nitrogen and oxygen atoms in total. The summed E-state index contributed by atoms with van der Waals surface area (Å²) in [6, 6.07) is 0. The van der Waals surface area contributed by atoms with E-state index in [0.717, 1.165) is 38.5 Å². The number of unbranched alkanes of at least 4 members (excludes halogenated alkanes) is 7. The number of phosphoric ester groups is 1. The summed E-state index contributed by atoms with van der Waals surface area (Å²) in [5.41, 5.74) is 5.30. The molecule has 0 aliphatic rings. The molecule has 44 heavy (non-hydrogen) atoms. The molecule has 0 aromatic rings. The molecule has 0 saturated carbocycles.